The Hall–Kier alpha value is -1.59. The first kappa shape index (κ1) is 14.8. The van der Waals surface area contributed by atoms with Crippen molar-refractivity contribution in [2.75, 3.05) is 0 Å². The van der Waals surface area contributed by atoms with Crippen LogP contribution in [0.1, 0.15) is 25.2 Å². The van der Waals surface area contributed by atoms with Gasteiger partial charge in [0, 0.05) is 13.1 Å². The molecule has 0 aliphatic carbocycles. The lowest BCUT2D eigenvalue weighted by atomic mass is 10.2. The first-order chi connectivity index (χ1) is 9.61. The summed E-state index contributed by atoms with van der Waals surface area (Å²) >= 11 is 6.07. The van der Waals surface area contributed by atoms with Crippen molar-refractivity contribution in [2.45, 2.75) is 33.5 Å². The van der Waals surface area contributed by atoms with Gasteiger partial charge in [0.05, 0.1) is 5.02 Å². The molecule has 0 atom stereocenters. The summed E-state index contributed by atoms with van der Waals surface area (Å²) in [6, 6.07) is 7.38. The van der Waals surface area contributed by atoms with Gasteiger partial charge in [-0.25, -0.2) is 4.68 Å². The van der Waals surface area contributed by atoms with E-state index in [0.29, 0.717) is 29.8 Å². The third kappa shape index (κ3) is 3.49. The second kappa shape index (κ2) is 6.72. The Morgan fingerprint density at radius 2 is 2.10 bits per heavy atom. The van der Waals surface area contributed by atoms with Crippen LogP contribution in [0.3, 0.4) is 0 Å². The standard InChI is InChI=1S/C14H19ClN4O/c1-10(2)8-19-13(12(7-16)17-18-19)9-20-14-6-4-3-5-11(14)15/h3-6,10H,7-9,16H2,1-2H3. The van der Waals surface area contributed by atoms with Gasteiger partial charge in [0.1, 0.15) is 23.7 Å². The van der Waals surface area contributed by atoms with Crippen LogP contribution >= 0.6 is 11.6 Å². The highest BCUT2D eigenvalue weighted by Crippen LogP contribution is 2.24. The predicted molar refractivity (Wildman–Crippen MR) is 78.5 cm³/mol. The first-order valence-corrected chi connectivity index (χ1v) is 6.98. The van der Waals surface area contributed by atoms with Gasteiger partial charge in [-0.1, -0.05) is 42.8 Å². The third-order valence-corrected chi connectivity index (χ3v) is 3.16. The lowest BCUT2D eigenvalue weighted by Crippen LogP contribution is -2.13. The number of benzene rings is 1. The highest BCUT2D eigenvalue weighted by atomic mass is 35.5. The van der Waals surface area contributed by atoms with Gasteiger partial charge < -0.3 is 10.5 Å². The largest absolute Gasteiger partial charge is 0.486 e. The average Bonchev–Trinajstić information content (AvgIpc) is 2.79. The summed E-state index contributed by atoms with van der Waals surface area (Å²) in [6.45, 7) is 5.74. The third-order valence-electron chi connectivity index (χ3n) is 2.85. The molecule has 0 radical (unpaired) electrons. The molecule has 0 saturated carbocycles. The van der Waals surface area contributed by atoms with E-state index in [2.05, 4.69) is 24.2 Å². The van der Waals surface area contributed by atoms with Crippen LogP contribution in [0.2, 0.25) is 5.02 Å². The van der Waals surface area contributed by atoms with E-state index >= 15 is 0 Å². The van der Waals surface area contributed by atoms with Crippen LogP contribution in [0, 0.1) is 5.92 Å². The highest BCUT2D eigenvalue weighted by molar-refractivity contribution is 6.32. The maximum atomic E-state index is 6.07. The van der Waals surface area contributed by atoms with E-state index < -0.39 is 0 Å². The molecule has 6 heteroatoms. The monoisotopic (exact) mass is 294 g/mol. The van der Waals surface area contributed by atoms with Gasteiger partial charge in [-0.2, -0.15) is 0 Å². The highest BCUT2D eigenvalue weighted by Gasteiger charge is 2.14. The molecule has 0 saturated heterocycles. The lowest BCUT2D eigenvalue weighted by Gasteiger charge is -2.12. The summed E-state index contributed by atoms with van der Waals surface area (Å²) < 4.78 is 7.61. The molecule has 0 amide bonds. The minimum Gasteiger partial charge on any atom is -0.486 e. The van der Waals surface area contributed by atoms with Crippen molar-refractivity contribution in [3.8, 4) is 5.75 Å². The number of halogens is 1. The van der Waals surface area contributed by atoms with Crippen molar-refractivity contribution in [3.05, 3.63) is 40.7 Å². The molecule has 0 fully saturated rings. The molecule has 2 aromatic rings. The SMILES string of the molecule is CC(C)Cn1nnc(CN)c1COc1ccccc1Cl. The zero-order valence-electron chi connectivity index (χ0n) is 11.7. The summed E-state index contributed by atoms with van der Waals surface area (Å²) in [7, 11) is 0. The Labute approximate surface area is 123 Å². The van der Waals surface area contributed by atoms with Crippen LogP contribution < -0.4 is 10.5 Å². The van der Waals surface area contributed by atoms with E-state index in [4.69, 9.17) is 22.1 Å². The van der Waals surface area contributed by atoms with Crippen LogP contribution in [0.4, 0.5) is 0 Å². The second-order valence-electron chi connectivity index (χ2n) is 4.98. The fourth-order valence-electron chi connectivity index (χ4n) is 1.89. The lowest BCUT2D eigenvalue weighted by molar-refractivity contribution is 0.286. The molecule has 1 aromatic heterocycles. The van der Waals surface area contributed by atoms with E-state index in [1.165, 1.54) is 0 Å². The van der Waals surface area contributed by atoms with E-state index in [1.807, 2.05) is 22.9 Å². The van der Waals surface area contributed by atoms with Crippen LogP contribution in [0.25, 0.3) is 0 Å². The molecule has 108 valence electrons. The molecular formula is C14H19ClN4O. The van der Waals surface area contributed by atoms with Crippen LogP contribution in [0.5, 0.6) is 5.75 Å². The number of nitrogens with two attached hydrogens (primary N) is 1. The quantitative estimate of drug-likeness (QED) is 0.889. The summed E-state index contributed by atoms with van der Waals surface area (Å²) in [6.07, 6.45) is 0. The molecule has 0 unspecified atom stereocenters. The maximum absolute atomic E-state index is 6.07. The zero-order valence-corrected chi connectivity index (χ0v) is 12.5. The van der Waals surface area contributed by atoms with E-state index in [1.54, 1.807) is 6.07 Å². The number of aromatic nitrogens is 3. The van der Waals surface area contributed by atoms with Crippen molar-refractivity contribution in [2.24, 2.45) is 11.7 Å². The Kier molecular flexibility index (Phi) is 4.98. The predicted octanol–water partition coefficient (Wildman–Crippen LogP) is 2.63. The summed E-state index contributed by atoms with van der Waals surface area (Å²) in [4.78, 5) is 0. The first-order valence-electron chi connectivity index (χ1n) is 6.60. The van der Waals surface area contributed by atoms with Crippen LogP contribution in [-0.2, 0) is 19.7 Å². The van der Waals surface area contributed by atoms with Gasteiger partial charge in [0.2, 0.25) is 0 Å². The van der Waals surface area contributed by atoms with Gasteiger partial charge in [-0.3, -0.25) is 0 Å². The molecule has 20 heavy (non-hydrogen) atoms. The molecule has 0 spiro atoms. The topological polar surface area (TPSA) is 66.0 Å². The number of hydrogen-bond acceptors (Lipinski definition) is 4. The second-order valence-corrected chi connectivity index (χ2v) is 5.39. The number of nitrogens with zero attached hydrogens (tertiary/aromatic N) is 3. The summed E-state index contributed by atoms with van der Waals surface area (Å²) in [5.74, 6) is 1.12. The van der Waals surface area contributed by atoms with Gasteiger partial charge in [-0.05, 0) is 18.1 Å². The van der Waals surface area contributed by atoms with E-state index in [9.17, 15) is 0 Å². The molecule has 2 rings (SSSR count). The molecule has 1 heterocycles. The molecular weight excluding hydrogens is 276 g/mol. The van der Waals surface area contributed by atoms with Crippen LogP contribution in [0.15, 0.2) is 24.3 Å². The van der Waals surface area contributed by atoms with Crippen molar-refractivity contribution in [1.82, 2.24) is 15.0 Å². The molecule has 5 nitrogen and oxygen atoms in total. The molecule has 2 N–H and O–H groups in total. The van der Waals surface area contributed by atoms with Crippen LogP contribution in [-0.4, -0.2) is 15.0 Å². The van der Waals surface area contributed by atoms with Crippen molar-refractivity contribution < 1.29 is 4.74 Å². The van der Waals surface area contributed by atoms with Crippen molar-refractivity contribution in [1.29, 1.82) is 0 Å². The minimum absolute atomic E-state index is 0.347. The summed E-state index contributed by atoms with van der Waals surface area (Å²) in [5, 5.41) is 8.82. The Bertz CT molecular complexity index is 568. The van der Waals surface area contributed by atoms with Crippen molar-refractivity contribution >= 4 is 11.6 Å². The van der Waals surface area contributed by atoms with Gasteiger partial charge >= 0.3 is 0 Å². The number of para-hydroxylation sites is 1. The Balaban J connectivity index is 2.15. The number of rotatable bonds is 6. The fraction of sp³-hybridized carbons (Fsp3) is 0.429. The Morgan fingerprint density at radius 1 is 1.35 bits per heavy atom. The van der Waals surface area contributed by atoms with Gasteiger partial charge in [0.15, 0.2) is 0 Å². The van der Waals surface area contributed by atoms with E-state index in [-0.39, 0.29) is 0 Å². The van der Waals surface area contributed by atoms with Gasteiger partial charge in [-0.15, -0.1) is 5.10 Å². The molecule has 1 aromatic carbocycles. The van der Waals surface area contributed by atoms with Crippen molar-refractivity contribution in [3.63, 3.8) is 0 Å². The number of ether oxygens (including phenoxy) is 1. The molecule has 0 aliphatic rings. The van der Waals surface area contributed by atoms with E-state index in [0.717, 1.165) is 17.9 Å². The average molecular weight is 295 g/mol. The summed E-state index contributed by atoms with van der Waals surface area (Å²) in [5.41, 5.74) is 7.36. The normalized spacial score (nSPS) is 11.1. The zero-order chi connectivity index (χ0) is 14.5. The maximum Gasteiger partial charge on any atom is 0.138 e. The Morgan fingerprint density at radius 3 is 2.75 bits per heavy atom. The molecule has 0 bridgehead atoms. The molecule has 0 aliphatic heterocycles. The smallest absolute Gasteiger partial charge is 0.138 e. The van der Waals surface area contributed by atoms with Gasteiger partial charge in [0.25, 0.3) is 0 Å². The minimum atomic E-state index is 0.347. The number of hydrogen-bond donors (Lipinski definition) is 1. The fourth-order valence-corrected chi connectivity index (χ4v) is 2.08.